The number of nitrogens with one attached hydrogen (secondary N) is 1. The van der Waals surface area contributed by atoms with Crippen molar-refractivity contribution in [3.63, 3.8) is 0 Å². The molecule has 0 unspecified atom stereocenters. The highest BCUT2D eigenvalue weighted by molar-refractivity contribution is 5.84. The van der Waals surface area contributed by atoms with Gasteiger partial charge in [-0.15, -0.1) is 0 Å². The quantitative estimate of drug-likeness (QED) is 0.780. The van der Waals surface area contributed by atoms with Crippen LogP contribution in [0, 0.1) is 0 Å². The lowest BCUT2D eigenvalue weighted by molar-refractivity contribution is 0.107. The molecule has 0 atom stereocenters. The number of methoxy groups -OCH3 is 1. The molecule has 0 bridgehead atoms. The Kier molecular flexibility index (Phi) is 5.36. The van der Waals surface area contributed by atoms with E-state index in [1.165, 1.54) is 5.56 Å². The molecule has 1 N–H and O–H groups in total. The SMILES string of the molecule is CCc1ccc(NC(=O)OCCOC)cc1. The minimum atomic E-state index is -0.457. The number of benzene rings is 1. The normalized spacial score (nSPS) is 9.88. The molecule has 0 aliphatic heterocycles. The predicted molar refractivity (Wildman–Crippen MR) is 62.7 cm³/mol. The summed E-state index contributed by atoms with van der Waals surface area (Å²) in [5.41, 5.74) is 1.97. The number of hydrogen-bond donors (Lipinski definition) is 1. The van der Waals surface area contributed by atoms with Crippen LogP contribution in [-0.4, -0.2) is 26.4 Å². The van der Waals surface area contributed by atoms with Gasteiger partial charge in [0.2, 0.25) is 0 Å². The molecule has 0 radical (unpaired) electrons. The maximum Gasteiger partial charge on any atom is 0.411 e. The lowest BCUT2D eigenvalue weighted by atomic mass is 10.1. The summed E-state index contributed by atoms with van der Waals surface area (Å²) in [5, 5.41) is 2.64. The molecule has 0 saturated heterocycles. The fraction of sp³-hybridized carbons (Fsp3) is 0.417. The first kappa shape index (κ1) is 12.5. The van der Waals surface area contributed by atoms with Gasteiger partial charge in [0.25, 0.3) is 0 Å². The maximum atomic E-state index is 11.3. The van der Waals surface area contributed by atoms with Crippen molar-refractivity contribution in [1.29, 1.82) is 0 Å². The summed E-state index contributed by atoms with van der Waals surface area (Å²) in [6.07, 6.45) is 0.528. The molecule has 1 aromatic carbocycles. The van der Waals surface area contributed by atoms with E-state index in [2.05, 4.69) is 12.2 Å². The molecule has 0 fully saturated rings. The van der Waals surface area contributed by atoms with Crippen LogP contribution in [0.5, 0.6) is 0 Å². The predicted octanol–water partition coefficient (Wildman–Crippen LogP) is 2.44. The Balaban J connectivity index is 2.37. The summed E-state index contributed by atoms with van der Waals surface area (Å²) in [7, 11) is 1.56. The van der Waals surface area contributed by atoms with Crippen LogP contribution >= 0.6 is 0 Å². The molecule has 4 nitrogen and oxygen atoms in total. The van der Waals surface area contributed by atoms with Gasteiger partial charge in [-0.25, -0.2) is 4.79 Å². The van der Waals surface area contributed by atoms with E-state index in [0.717, 1.165) is 12.1 Å². The van der Waals surface area contributed by atoms with Gasteiger partial charge in [0.05, 0.1) is 6.61 Å². The Morgan fingerprint density at radius 1 is 1.25 bits per heavy atom. The number of rotatable bonds is 5. The Hall–Kier alpha value is -1.55. The fourth-order valence-electron chi connectivity index (χ4n) is 1.20. The zero-order valence-electron chi connectivity index (χ0n) is 9.66. The third kappa shape index (κ3) is 4.31. The van der Waals surface area contributed by atoms with Crippen LogP contribution in [0.1, 0.15) is 12.5 Å². The molecular weight excluding hydrogens is 206 g/mol. The van der Waals surface area contributed by atoms with E-state index in [0.29, 0.717) is 6.61 Å². The van der Waals surface area contributed by atoms with Gasteiger partial charge >= 0.3 is 6.09 Å². The highest BCUT2D eigenvalue weighted by atomic mass is 16.6. The van der Waals surface area contributed by atoms with Crippen molar-refractivity contribution in [2.75, 3.05) is 25.6 Å². The van der Waals surface area contributed by atoms with Crippen molar-refractivity contribution >= 4 is 11.8 Å². The van der Waals surface area contributed by atoms with Crippen LogP contribution in [0.15, 0.2) is 24.3 Å². The molecule has 0 aliphatic carbocycles. The van der Waals surface area contributed by atoms with E-state index in [1.54, 1.807) is 7.11 Å². The molecule has 0 saturated carbocycles. The van der Waals surface area contributed by atoms with Crippen molar-refractivity contribution in [1.82, 2.24) is 0 Å². The molecule has 1 aromatic rings. The minimum absolute atomic E-state index is 0.259. The number of ether oxygens (including phenoxy) is 2. The molecule has 0 spiro atoms. The third-order valence-corrected chi connectivity index (χ3v) is 2.13. The van der Waals surface area contributed by atoms with E-state index in [9.17, 15) is 4.79 Å². The molecule has 16 heavy (non-hydrogen) atoms. The van der Waals surface area contributed by atoms with Crippen LogP contribution in [0.4, 0.5) is 10.5 Å². The summed E-state index contributed by atoms with van der Waals surface area (Å²) < 4.78 is 9.64. The number of anilines is 1. The molecule has 1 amide bonds. The monoisotopic (exact) mass is 223 g/mol. The number of aryl methyl sites for hydroxylation is 1. The van der Waals surface area contributed by atoms with Gasteiger partial charge in [-0.05, 0) is 24.1 Å². The van der Waals surface area contributed by atoms with Gasteiger partial charge in [0, 0.05) is 12.8 Å². The first-order chi connectivity index (χ1) is 7.76. The lowest BCUT2D eigenvalue weighted by Gasteiger charge is -2.06. The zero-order valence-corrected chi connectivity index (χ0v) is 9.66. The summed E-state index contributed by atoms with van der Waals surface area (Å²) in [4.78, 5) is 11.3. The molecule has 0 heterocycles. The molecule has 1 rings (SSSR count). The fourth-order valence-corrected chi connectivity index (χ4v) is 1.20. The van der Waals surface area contributed by atoms with E-state index < -0.39 is 6.09 Å². The highest BCUT2D eigenvalue weighted by Crippen LogP contribution is 2.10. The minimum Gasteiger partial charge on any atom is -0.447 e. The van der Waals surface area contributed by atoms with E-state index in [4.69, 9.17) is 9.47 Å². The third-order valence-electron chi connectivity index (χ3n) is 2.13. The van der Waals surface area contributed by atoms with Crippen molar-refractivity contribution in [3.8, 4) is 0 Å². The van der Waals surface area contributed by atoms with Gasteiger partial charge < -0.3 is 9.47 Å². The zero-order chi connectivity index (χ0) is 11.8. The van der Waals surface area contributed by atoms with Gasteiger partial charge in [0.1, 0.15) is 6.61 Å². The van der Waals surface area contributed by atoms with Gasteiger partial charge in [-0.2, -0.15) is 0 Å². The summed E-state index contributed by atoms with van der Waals surface area (Å²) in [6, 6.07) is 7.67. The smallest absolute Gasteiger partial charge is 0.411 e. The van der Waals surface area contributed by atoms with Crippen LogP contribution in [-0.2, 0) is 15.9 Å². The second kappa shape index (κ2) is 6.85. The van der Waals surface area contributed by atoms with E-state index >= 15 is 0 Å². The van der Waals surface area contributed by atoms with Crippen LogP contribution in [0.2, 0.25) is 0 Å². The van der Waals surface area contributed by atoms with Gasteiger partial charge in [-0.3, -0.25) is 5.32 Å². The lowest BCUT2D eigenvalue weighted by Crippen LogP contribution is -2.16. The Morgan fingerprint density at radius 2 is 1.94 bits per heavy atom. The molecule has 0 aromatic heterocycles. The first-order valence-electron chi connectivity index (χ1n) is 5.28. The van der Waals surface area contributed by atoms with Gasteiger partial charge in [0.15, 0.2) is 0 Å². The summed E-state index contributed by atoms with van der Waals surface area (Å²) in [5.74, 6) is 0. The van der Waals surface area contributed by atoms with Gasteiger partial charge in [-0.1, -0.05) is 19.1 Å². The summed E-state index contributed by atoms with van der Waals surface area (Å²) >= 11 is 0. The molecule has 88 valence electrons. The second-order valence-electron chi connectivity index (χ2n) is 3.30. The summed E-state index contributed by atoms with van der Waals surface area (Å²) in [6.45, 7) is 2.75. The molecular formula is C12H17NO3. The van der Waals surface area contributed by atoms with E-state index in [1.807, 2.05) is 24.3 Å². The largest absolute Gasteiger partial charge is 0.447 e. The highest BCUT2D eigenvalue weighted by Gasteiger charge is 2.02. The molecule has 4 heteroatoms. The van der Waals surface area contributed by atoms with Crippen molar-refractivity contribution < 1.29 is 14.3 Å². The van der Waals surface area contributed by atoms with Crippen molar-refractivity contribution in [3.05, 3.63) is 29.8 Å². The average molecular weight is 223 g/mol. The van der Waals surface area contributed by atoms with Crippen LogP contribution in [0.25, 0.3) is 0 Å². The average Bonchev–Trinajstić information content (AvgIpc) is 2.30. The standard InChI is InChI=1S/C12H17NO3/c1-3-10-4-6-11(7-5-10)13-12(14)16-9-8-15-2/h4-7H,3,8-9H2,1-2H3,(H,13,14). The van der Waals surface area contributed by atoms with Crippen molar-refractivity contribution in [2.45, 2.75) is 13.3 Å². The number of hydrogen-bond acceptors (Lipinski definition) is 3. The number of amides is 1. The van der Waals surface area contributed by atoms with Crippen LogP contribution < -0.4 is 5.32 Å². The Bertz CT molecular complexity index is 322. The maximum absolute atomic E-state index is 11.3. The number of carbonyl (C=O) groups is 1. The van der Waals surface area contributed by atoms with Crippen LogP contribution in [0.3, 0.4) is 0 Å². The first-order valence-corrected chi connectivity index (χ1v) is 5.28. The van der Waals surface area contributed by atoms with E-state index in [-0.39, 0.29) is 6.61 Å². The topological polar surface area (TPSA) is 47.6 Å². The Labute approximate surface area is 95.6 Å². The number of carbonyl (C=O) groups excluding carboxylic acids is 1. The van der Waals surface area contributed by atoms with Crippen molar-refractivity contribution in [2.24, 2.45) is 0 Å². The Morgan fingerprint density at radius 3 is 2.50 bits per heavy atom. The second-order valence-corrected chi connectivity index (χ2v) is 3.30. The molecule has 0 aliphatic rings.